The molecule has 0 radical (unpaired) electrons. The van der Waals surface area contributed by atoms with Gasteiger partial charge in [-0.1, -0.05) is 6.07 Å². The van der Waals surface area contributed by atoms with Crippen molar-refractivity contribution in [3.8, 4) is 38.2 Å². The van der Waals surface area contributed by atoms with Crippen molar-refractivity contribution < 1.29 is 21.5 Å². The molecule has 6 aromatic rings. The molecular formula is C28H20FFeN3S. The number of halogens is 1. The molecule has 0 saturated carbocycles. The second-order valence-electron chi connectivity index (χ2n) is 7.34. The second kappa shape index (κ2) is 11.0. The summed E-state index contributed by atoms with van der Waals surface area (Å²) >= 11 is 1.70. The zero-order chi connectivity index (χ0) is 22.5. The minimum atomic E-state index is -0.263. The molecule has 0 aliphatic heterocycles. The molecule has 0 saturated heterocycles. The number of thiophene rings is 1. The van der Waals surface area contributed by atoms with Crippen LogP contribution < -0.4 is 0 Å². The molecule has 0 unspecified atom stereocenters. The van der Waals surface area contributed by atoms with E-state index < -0.39 is 0 Å². The van der Waals surface area contributed by atoms with Crippen molar-refractivity contribution in [1.29, 1.82) is 0 Å². The van der Waals surface area contributed by atoms with Crippen molar-refractivity contribution in [2.24, 2.45) is 0 Å². The standard InChI is InChI=1S/C23H15FN3S.C5H5.Fe/c24-18-9-7-16(8-10-18)19-15-20(26-23(25-19)27-13-3-4-14-27)22-12-11-21(28-22)17-5-1-2-6-17;1-2-4-5-3-1;/h1-15H;1-5H;/q2*-1;+2. The van der Waals surface area contributed by atoms with E-state index >= 15 is 0 Å². The van der Waals surface area contributed by atoms with Gasteiger partial charge in [0.1, 0.15) is 5.82 Å². The summed E-state index contributed by atoms with van der Waals surface area (Å²) in [6.07, 6.45) is 3.83. The molecule has 0 N–H and O–H groups in total. The van der Waals surface area contributed by atoms with Gasteiger partial charge < -0.3 is 0 Å². The zero-order valence-electron chi connectivity index (χ0n) is 18.0. The Labute approximate surface area is 212 Å². The van der Waals surface area contributed by atoms with Gasteiger partial charge >= 0.3 is 17.1 Å². The van der Waals surface area contributed by atoms with Gasteiger partial charge in [-0.15, -0.1) is 23.8 Å². The number of hydrogen-bond donors (Lipinski definition) is 0. The number of rotatable bonds is 4. The van der Waals surface area contributed by atoms with Crippen LogP contribution in [0.2, 0.25) is 0 Å². The van der Waals surface area contributed by atoms with Gasteiger partial charge in [0.05, 0.1) is 11.4 Å². The summed E-state index contributed by atoms with van der Waals surface area (Å²) in [5.74, 6) is 0.325. The summed E-state index contributed by atoms with van der Waals surface area (Å²) in [6.45, 7) is 0. The van der Waals surface area contributed by atoms with Gasteiger partial charge in [0.2, 0.25) is 5.95 Å². The third kappa shape index (κ3) is 5.49. The van der Waals surface area contributed by atoms with Gasteiger partial charge in [0.25, 0.3) is 0 Å². The quantitative estimate of drug-likeness (QED) is 0.183. The Morgan fingerprint density at radius 1 is 0.794 bits per heavy atom. The first-order chi connectivity index (χ1) is 16.3. The molecule has 3 nitrogen and oxygen atoms in total. The van der Waals surface area contributed by atoms with E-state index in [1.807, 2.05) is 77.6 Å². The van der Waals surface area contributed by atoms with Crippen LogP contribution in [-0.4, -0.2) is 14.5 Å². The predicted molar refractivity (Wildman–Crippen MR) is 133 cm³/mol. The average Bonchev–Trinajstić information content (AvgIpc) is 3.68. The molecule has 0 fully saturated rings. The molecule has 0 aliphatic carbocycles. The van der Waals surface area contributed by atoms with Crippen LogP contribution in [0, 0.1) is 5.82 Å². The van der Waals surface area contributed by atoms with Crippen LogP contribution in [0.4, 0.5) is 4.39 Å². The third-order valence-corrected chi connectivity index (χ3v) is 6.21. The van der Waals surface area contributed by atoms with Crippen LogP contribution in [0.1, 0.15) is 0 Å². The second-order valence-corrected chi connectivity index (χ2v) is 8.42. The van der Waals surface area contributed by atoms with Crippen molar-refractivity contribution >= 4 is 11.3 Å². The summed E-state index contributed by atoms with van der Waals surface area (Å²) in [6, 6.07) is 34.7. The van der Waals surface area contributed by atoms with E-state index in [-0.39, 0.29) is 22.9 Å². The molecule has 6 rings (SSSR count). The fraction of sp³-hybridized carbons (Fsp3) is 0. The number of aromatic nitrogens is 3. The molecule has 3 aromatic heterocycles. The molecule has 3 aromatic carbocycles. The summed E-state index contributed by atoms with van der Waals surface area (Å²) in [5.41, 5.74) is 3.67. The SMILES string of the molecule is Fc1ccc(-c2cc(-c3ccc(-[c-]4cccc4)s3)nc(-n3cccc3)n2)cc1.[Fe+2].c1cc[cH-]c1. The van der Waals surface area contributed by atoms with E-state index in [0.29, 0.717) is 5.95 Å². The summed E-state index contributed by atoms with van der Waals surface area (Å²) in [7, 11) is 0. The molecule has 0 atom stereocenters. The van der Waals surface area contributed by atoms with Crippen molar-refractivity contribution in [1.82, 2.24) is 14.5 Å². The molecule has 0 spiro atoms. The molecule has 0 aliphatic rings. The fourth-order valence-electron chi connectivity index (χ4n) is 3.40. The minimum Gasteiger partial charge on any atom is -0.293 e. The van der Waals surface area contributed by atoms with Gasteiger partial charge in [-0.3, -0.25) is 4.57 Å². The molecule has 6 heteroatoms. The Balaban J connectivity index is 0.000000407. The van der Waals surface area contributed by atoms with Crippen LogP contribution in [0.25, 0.3) is 38.2 Å². The minimum absolute atomic E-state index is 0. The first kappa shape index (κ1) is 23.6. The van der Waals surface area contributed by atoms with Gasteiger partial charge in [-0.25, -0.2) is 26.5 Å². The maximum Gasteiger partial charge on any atom is 2.00 e. The van der Waals surface area contributed by atoms with E-state index in [4.69, 9.17) is 9.97 Å². The van der Waals surface area contributed by atoms with Crippen LogP contribution >= 0.6 is 11.3 Å². The molecule has 168 valence electrons. The Morgan fingerprint density at radius 2 is 1.47 bits per heavy atom. The predicted octanol–water partition coefficient (Wildman–Crippen LogP) is 7.59. The maximum atomic E-state index is 13.4. The fourth-order valence-corrected chi connectivity index (χ4v) is 4.37. The molecule has 3 heterocycles. The maximum absolute atomic E-state index is 13.4. The summed E-state index contributed by atoms with van der Waals surface area (Å²) < 4.78 is 15.2. The number of benzene rings is 1. The van der Waals surface area contributed by atoms with Gasteiger partial charge in [-0.05, 0) is 47.3 Å². The zero-order valence-corrected chi connectivity index (χ0v) is 19.9. The van der Waals surface area contributed by atoms with Crippen LogP contribution in [-0.2, 0) is 17.1 Å². The topological polar surface area (TPSA) is 30.7 Å². The van der Waals surface area contributed by atoms with Crippen LogP contribution in [0.15, 0.2) is 122 Å². The Morgan fingerprint density at radius 3 is 2.12 bits per heavy atom. The normalized spacial score (nSPS) is 10.3. The van der Waals surface area contributed by atoms with E-state index in [1.54, 1.807) is 23.5 Å². The van der Waals surface area contributed by atoms with Crippen molar-refractivity contribution in [2.75, 3.05) is 0 Å². The summed E-state index contributed by atoms with van der Waals surface area (Å²) in [5, 5.41) is 0. The van der Waals surface area contributed by atoms with E-state index in [1.165, 1.54) is 22.6 Å². The van der Waals surface area contributed by atoms with Crippen molar-refractivity contribution in [2.45, 2.75) is 0 Å². The Hall–Kier alpha value is -3.57. The monoisotopic (exact) mass is 505 g/mol. The Kier molecular flexibility index (Phi) is 7.65. The van der Waals surface area contributed by atoms with E-state index in [9.17, 15) is 4.39 Å². The van der Waals surface area contributed by atoms with Crippen LogP contribution in [0.3, 0.4) is 0 Å². The van der Waals surface area contributed by atoms with E-state index in [0.717, 1.165) is 21.8 Å². The molecule has 0 bridgehead atoms. The van der Waals surface area contributed by atoms with Gasteiger partial charge in [-0.2, -0.15) is 41.7 Å². The first-order valence-electron chi connectivity index (χ1n) is 10.5. The number of nitrogens with zero attached hydrogens (tertiary/aromatic N) is 3. The molecule has 34 heavy (non-hydrogen) atoms. The van der Waals surface area contributed by atoms with Crippen molar-refractivity contribution in [3.63, 3.8) is 0 Å². The Bertz CT molecular complexity index is 1380. The largest absolute Gasteiger partial charge is 2.00 e. The third-order valence-electron chi connectivity index (χ3n) is 5.05. The van der Waals surface area contributed by atoms with Gasteiger partial charge in [0.15, 0.2) is 0 Å². The number of hydrogen-bond acceptors (Lipinski definition) is 3. The van der Waals surface area contributed by atoms with Gasteiger partial charge in [0, 0.05) is 22.8 Å². The summed E-state index contributed by atoms with van der Waals surface area (Å²) in [4.78, 5) is 11.7. The van der Waals surface area contributed by atoms with E-state index in [2.05, 4.69) is 24.3 Å². The molecular weight excluding hydrogens is 485 g/mol. The average molecular weight is 505 g/mol. The smallest absolute Gasteiger partial charge is 0.293 e. The van der Waals surface area contributed by atoms with Crippen LogP contribution in [0.5, 0.6) is 0 Å². The molecule has 0 amide bonds. The first-order valence-corrected chi connectivity index (χ1v) is 11.4. The van der Waals surface area contributed by atoms with Crippen molar-refractivity contribution in [3.05, 3.63) is 127 Å².